The fourth-order valence-corrected chi connectivity index (χ4v) is 1.10. The van der Waals surface area contributed by atoms with Gasteiger partial charge < -0.3 is 4.11 Å². The smallest absolute Gasteiger partial charge is 0.270 e. The fourth-order valence-electron chi connectivity index (χ4n) is 0.366. The first-order valence-electron chi connectivity index (χ1n) is 2.56. The zero-order chi connectivity index (χ0) is 6.62. The van der Waals surface area contributed by atoms with Crippen molar-refractivity contribution < 1.29 is 4.11 Å². The van der Waals surface area contributed by atoms with E-state index in [0.717, 1.165) is 0 Å². The third kappa shape index (κ3) is 2.74. The Kier molecular flexibility index (Phi) is 2.69. The average molecular weight is 130 g/mol. The summed E-state index contributed by atoms with van der Waals surface area (Å²) in [7, 11) is -2.53. The normalized spacial score (nSPS) is 16.8. The number of hydrogen-bond acceptors (Lipinski definition) is 0. The molecule has 0 rings (SSSR count). The molecule has 2 heteroatoms. The molecule has 0 fully saturated rings. The van der Waals surface area contributed by atoms with Crippen LogP contribution in [0.15, 0.2) is 24.9 Å². The van der Waals surface area contributed by atoms with E-state index in [1.165, 1.54) is 5.70 Å². The van der Waals surface area contributed by atoms with Crippen molar-refractivity contribution in [2.75, 3.05) is 0 Å². The summed E-state index contributed by atoms with van der Waals surface area (Å²) in [6.07, 6.45) is 1.61. The largest absolute Gasteiger partial charge is 0.308 e. The molecule has 0 aliphatic carbocycles. The van der Waals surface area contributed by atoms with Crippen LogP contribution in [-0.4, -0.2) is 8.41 Å². The lowest BCUT2D eigenvalue weighted by molar-refractivity contribution is 0.810. The third-order valence-corrected chi connectivity index (χ3v) is 2.91. The molecule has 46 valence electrons. The van der Waals surface area contributed by atoms with Crippen LogP contribution in [0.5, 0.6) is 0 Å². The Morgan fingerprint density at radius 1 is 1.62 bits per heavy atom. The molecule has 0 aliphatic rings. The number of halogens is 1. The molecule has 0 aromatic rings. The maximum absolute atomic E-state index is 12.8. The van der Waals surface area contributed by atoms with Gasteiger partial charge >= 0.3 is 0 Å². The Balaban J connectivity index is 3.70. The molecule has 0 bridgehead atoms. The monoisotopic (exact) mass is 130 g/mol. The molecule has 0 spiro atoms. The van der Waals surface area contributed by atoms with Gasteiger partial charge in [0, 0.05) is 0 Å². The van der Waals surface area contributed by atoms with E-state index in [-0.39, 0.29) is 0 Å². The predicted octanol–water partition coefficient (Wildman–Crippen LogP) is 2.44. The maximum Gasteiger partial charge on any atom is 0.270 e. The van der Waals surface area contributed by atoms with Crippen molar-refractivity contribution in [2.45, 2.75) is 12.6 Å². The first kappa shape index (κ1) is 7.63. The van der Waals surface area contributed by atoms with Gasteiger partial charge in [-0.25, -0.2) is 0 Å². The minimum atomic E-state index is -2.53. The molecule has 0 saturated carbocycles. The Morgan fingerprint density at radius 2 is 2.12 bits per heavy atom. The second kappa shape index (κ2) is 2.82. The van der Waals surface area contributed by atoms with Crippen LogP contribution in [0.2, 0.25) is 12.6 Å². The molecule has 0 heterocycles. The molecule has 1 unspecified atom stereocenters. The number of hydrogen-bond donors (Lipinski definition) is 0. The zero-order valence-corrected chi connectivity index (χ0v) is 6.15. The van der Waals surface area contributed by atoms with Crippen LogP contribution in [0, 0.1) is 0 Å². The summed E-state index contributed by atoms with van der Waals surface area (Å²) < 4.78 is 12.8. The molecule has 8 heavy (non-hydrogen) atoms. The van der Waals surface area contributed by atoms with Crippen molar-refractivity contribution in [3.63, 3.8) is 0 Å². The van der Waals surface area contributed by atoms with Gasteiger partial charge in [-0.1, -0.05) is 11.8 Å². The van der Waals surface area contributed by atoms with E-state index in [4.69, 9.17) is 0 Å². The minimum absolute atomic E-state index is 0.483. The first-order valence-corrected chi connectivity index (χ1v) is 5.22. The standard InChI is InChI=1S/C6H11FSi/c1-4-6-8(3,7)5-2/h4-5H,1-2,6H2,3H3. The molecule has 0 aliphatic heterocycles. The van der Waals surface area contributed by atoms with Gasteiger partial charge in [0.2, 0.25) is 0 Å². The van der Waals surface area contributed by atoms with E-state index in [9.17, 15) is 4.11 Å². The molecule has 0 radical (unpaired) electrons. The molecule has 0 nitrogen and oxygen atoms in total. The first-order chi connectivity index (χ1) is 3.62. The molecule has 0 saturated heterocycles. The lowest BCUT2D eigenvalue weighted by Gasteiger charge is -2.06. The number of rotatable bonds is 3. The lowest BCUT2D eigenvalue weighted by Crippen LogP contribution is -2.18. The quantitative estimate of drug-likeness (QED) is 0.313. The van der Waals surface area contributed by atoms with E-state index in [1.54, 1.807) is 12.6 Å². The fraction of sp³-hybridized carbons (Fsp3) is 0.333. The summed E-state index contributed by atoms with van der Waals surface area (Å²) in [6.45, 7) is 8.44. The minimum Gasteiger partial charge on any atom is -0.308 e. The van der Waals surface area contributed by atoms with Crippen LogP contribution in [-0.2, 0) is 0 Å². The molecule has 0 amide bonds. The number of allylic oxidation sites excluding steroid dienone is 1. The second-order valence-corrected chi connectivity index (χ2v) is 5.35. The van der Waals surface area contributed by atoms with Crippen LogP contribution in [0.4, 0.5) is 4.11 Å². The summed E-state index contributed by atoms with van der Waals surface area (Å²) in [5, 5.41) is 0. The lowest BCUT2D eigenvalue weighted by atomic mass is 10.8. The Bertz CT molecular complexity index is 96.7. The van der Waals surface area contributed by atoms with Gasteiger partial charge in [0.1, 0.15) is 0 Å². The molecular weight excluding hydrogens is 119 g/mol. The highest BCUT2D eigenvalue weighted by molar-refractivity contribution is 6.77. The molecule has 1 atom stereocenters. The van der Waals surface area contributed by atoms with Crippen molar-refractivity contribution in [1.82, 2.24) is 0 Å². The van der Waals surface area contributed by atoms with E-state index in [2.05, 4.69) is 13.2 Å². The van der Waals surface area contributed by atoms with E-state index < -0.39 is 8.41 Å². The van der Waals surface area contributed by atoms with Gasteiger partial charge in [0.25, 0.3) is 8.41 Å². The van der Waals surface area contributed by atoms with Crippen LogP contribution in [0.25, 0.3) is 0 Å². The third-order valence-electron chi connectivity index (χ3n) is 0.969. The van der Waals surface area contributed by atoms with Gasteiger partial charge in [0.15, 0.2) is 0 Å². The van der Waals surface area contributed by atoms with Crippen molar-refractivity contribution in [3.05, 3.63) is 24.9 Å². The van der Waals surface area contributed by atoms with Gasteiger partial charge in [-0.15, -0.1) is 13.2 Å². The van der Waals surface area contributed by atoms with Crippen LogP contribution in [0.1, 0.15) is 0 Å². The Morgan fingerprint density at radius 3 is 2.25 bits per heavy atom. The molecule has 0 N–H and O–H groups in total. The molecule has 0 aromatic heterocycles. The highest BCUT2D eigenvalue weighted by Crippen LogP contribution is 2.11. The van der Waals surface area contributed by atoms with Crippen molar-refractivity contribution in [3.8, 4) is 0 Å². The van der Waals surface area contributed by atoms with Gasteiger partial charge in [-0.05, 0) is 12.6 Å². The van der Waals surface area contributed by atoms with Crippen molar-refractivity contribution >= 4 is 8.41 Å². The Hall–Kier alpha value is -0.373. The van der Waals surface area contributed by atoms with Gasteiger partial charge in [0.05, 0.1) is 0 Å². The summed E-state index contributed by atoms with van der Waals surface area (Å²) in [5.41, 5.74) is 1.43. The maximum atomic E-state index is 12.8. The Labute approximate surface area is 50.9 Å². The van der Waals surface area contributed by atoms with Crippen LogP contribution < -0.4 is 0 Å². The highest BCUT2D eigenvalue weighted by Gasteiger charge is 2.19. The van der Waals surface area contributed by atoms with E-state index >= 15 is 0 Å². The predicted molar refractivity (Wildman–Crippen MR) is 37.9 cm³/mol. The summed E-state index contributed by atoms with van der Waals surface area (Å²) in [4.78, 5) is 0. The molecule has 0 aromatic carbocycles. The topological polar surface area (TPSA) is 0 Å². The summed E-state index contributed by atoms with van der Waals surface area (Å²) >= 11 is 0. The summed E-state index contributed by atoms with van der Waals surface area (Å²) in [6, 6.07) is 0.483. The van der Waals surface area contributed by atoms with E-state index in [1.807, 2.05) is 0 Å². The highest BCUT2D eigenvalue weighted by atomic mass is 28.4. The van der Waals surface area contributed by atoms with Crippen LogP contribution in [0.3, 0.4) is 0 Å². The summed E-state index contributed by atoms with van der Waals surface area (Å²) in [5.74, 6) is 0. The SMILES string of the molecule is C=CC[Si](C)(F)C=C. The zero-order valence-electron chi connectivity index (χ0n) is 5.15. The second-order valence-electron chi connectivity index (χ2n) is 1.97. The van der Waals surface area contributed by atoms with Gasteiger partial charge in [-0.3, -0.25) is 0 Å². The van der Waals surface area contributed by atoms with Gasteiger partial charge in [-0.2, -0.15) is 0 Å². The van der Waals surface area contributed by atoms with Crippen LogP contribution >= 0.6 is 0 Å². The van der Waals surface area contributed by atoms with E-state index in [0.29, 0.717) is 6.04 Å². The van der Waals surface area contributed by atoms with Crippen molar-refractivity contribution in [2.24, 2.45) is 0 Å². The van der Waals surface area contributed by atoms with Crippen molar-refractivity contribution in [1.29, 1.82) is 0 Å². The molecular formula is C6H11FSi. The average Bonchev–Trinajstić information content (AvgIpc) is 1.67.